The fourth-order valence-electron chi connectivity index (χ4n) is 5.33. The summed E-state index contributed by atoms with van der Waals surface area (Å²) < 4.78 is 5.14. The highest BCUT2D eigenvalue weighted by Gasteiger charge is 2.60. The van der Waals surface area contributed by atoms with Crippen molar-refractivity contribution in [2.75, 3.05) is 6.54 Å². The summed E-state index contributed by atoms with van der Waals surface area (Å²) in [5.41, 5.74) is 5.16. The van der Waals surface area contributed by atoms with Gasteiger partial charge in [0.1, 0.15) is 11.6 Å². The Kier molecular flexibility index (Phi) is 7.96. The number of primary amides is 1. The monoisotopic (exact) mass is 496 g/mol. The predicted octanol–water partition coefficient (Wildman–Crippen LogP) is 2.71. The average molecular weight is 497 g/mol. The zero-order chi connectivity index (χ0) is 25.7. The SMILES string of the molecule is C[C@H](NC(=O)C12CC1/C=C/CCCCCC(OC(N)=O)C(=O)N1CCCC1C(=O)N2)c1ccccc1. The van der Waals surface area contributed by atoms with Crippen molar-refractivity contribution in [3.05, 3.63) is 48.0 Å². The molecule has 9 heteroatoms. The highest BCUT2D eigenvalue weighted by atomic mass is 16.6. The first kappa shape index (κ1) is 25.7. The molecular weight excluding hydrogens is 460 g/mol. The first-order valence-electron chi connectivity index (χ1n) is 12.9. The van der Waals surface area contributed by atoms with Crippen LogP contribution in [0.3, 0.4) is 0 Å². The number of nitrogens with zero attached hydrogens (tertiary/aromatic N) is 1. The van der Waals surface area contributed by atoms with E-state index in [2.05, 4.69) is 16.7 Å². The Bertz CT molecular complexity index is 1010. The molecule has 1 saturated heterocycles. The van der Waals surface area contributed by atoms with Crippen LogP contribution in [-0.2, 0) is 19.1 Å². The summed E-state index contributed by atoms with van der Waals surface area (Å²) in [6.45, 7) is 2.31. The van der Waals surface area contributed by atoms with E-state index in [4.69, 9.17) is 10.5 Å². The Morgan fingerprint density at radius 2 is 1.92 bits per heavy atom. The minimum Gasteiger partial charge on any atom is -0.436 e. The molecule has 0 aromatic heterocycles. The van der Waals surface area contributed by atoms with Gasteiger partial charge in [0.2, 0.25) is 11.8 Å². The molecule has 0 bridgehead atoms. The Balaban J connectivity index is 1.55. The van der Waals surface area contributed by atoms with E-state index in [-0.39, 0.29) is 23.8 Å². The van der Waals surface area contributed by atoms with E-state index in [9.17, 15) is 19.2 Å². The van der Waals surface area contributed by atoms with E-state index in [0.717, 1.165) is 24.8 Å². The number of ether oxygens (including phenoxy) is 1. The van der Waals surface area contributed by atoms with E-state index in [1.165, 1.54) is 4.90 Å². The molecule has 4 amide bonds. The summed E-state index contributed by atoms with van der Waals surface area (Å²) in [5.74, 6) is -1.09. The van der Waals surface area contributed by atoms with Crippen LogP contribution in [0, 0.1) is 5.92 Å². The molecule has 2 heterocycles. The highest BCUT2D eigenvalue weighted by Crippen LogP contribution is 2.46. The van der Waals surface area contributed by atoms with Crippen LogP contribution in [-0.4, -0.2) is 52.9 Å². The predicted molar refractivity (Wildman–Crippen MR) is 133 cm³/mol. The van der Waals surface area contributed by atoms with Gasteiger partial charge in [0, 0.05) is 12.5 Å². The zero-order valence-electron chi connectivity index (χ0n) is 20.8. The summed E-state index contributed by atoms with van der Waals surface area (Å²) in [5, 5.41) is 6.08. The van der Waals surface area contributed by atoms with Crippen LogP contribution in [0.15, 0.2) is 42.5 Å². The molecule has 194 valence electrons. The molecular formula is C27H36N4O5. The van der Waals surface area contributed by atoms with E-state index in [1.54, 1.807) is 0 Å². The normalized spacial score (nSPS) is 30.5. The van der Waals surface area contributed by atoms with E-state index >= 15 is 0 Å². The van der Waals surface area contributed by atoms with Gasteiger partial charge >= 0.3 is 6.09 Å². The fourth-order valence-corrected chi connectivity index (χ4v) is 5.33. The lowest BCUT2D eigenvalue weighted by molar-refractivity contribution is -0.146. The molecule has 1 aliphatic carbocycles. The number of amides is 4. The molecule has 2 aliphatic heterocycles. The molecule has 1 saturated carbocycles. The van der Waals surface area contributed by atoms with Gasteiger partial charge in [-0.2, -0.15) is 0 Å². The lowest BCUT2D eigenvalue weighted by Crippen LogP contribution is -2.57. The van der Waals surface area contributed by atoms with Crippen molar-refractivity contribution >= 4 is 23.8 Å². The van der Waals surface area contributed by atoms with Gasteiger partial charge in [0.05, 0.1) is 6.04 Å². The van der Waals surface area contributed by atoms with Gasteiger partial charge < -0.3 is 26.0 Å². The van der Waals surface area contributed by atoms with Crippen LogP contribution in [0.1, 0.15) is 69.9 Å². The molecule has 1 aromatic rings. The second-order valence-corrected chi connectivity index (χ2v) is 10.1. The zero-order valence-corrected chi connectivity index (χ0v) is 20.8. The Morgan fingerprint density at radius 3 is 2.67 bits per heavy atom. The third-order valence-electron chi connectivity index (χ3n) is 7.49. The number of carbonyl (C=O) groups is 4. The maximum absolute atomic E-state index is 13.5. The number of nitrogens with two attached hydrogens (primary N) is 1. The van der Waals surface area contributed by atoms with E-state index in [0.29, 0.717) is 38.6 Å². The van der Waals surface area contributed by atoms with Gasteiger partial charge in [-0.05, 0) is 57.4 Å². The van der Waals surface area contributed by atoms with Gasteiger partial charge in [-0.3, -0.25) is 14.4 Å². The summed E-state index contributed by atoms with van der Waals surface area (Å²) in [7, 11) is 0. The quantitative estimate of drug-likeness (QED) is 0.552. The molecule has 36 heavy (non-hydrogen) atoms. The fraction of sp³-hybridized carbons (Fsp3) is 0.556. The molecule has 0 spiro atoms. The third-order valence-corrected chi connectivity index (χ3v) is 7.49. The molecule has 4 rings (SSSR count). The topological polar surface area (TPSA) is 131 Å². The second kappa shape index (κ2) is 11.1. The maximum atomic E-state index is 13.5. The van der Waals surface area contributed by atoms with Crippen molar-refractivity contribution in [1.82, 2.24) is 15.5 Å². The molecule has 2 fully saturated rings. The summed E-state index contributed by atoms with van der Waals surface area (Å²) in [6, 6.07) is 8.73. The number of allylic oxidation sites excluding steroid dienone is 1. The van der Waals surface area contributed by atoms with E-state index in [1.807, 2.05) is 43.3 Å². The first-order valence-corrected chi connectivity index (χ1v) is 12.9. The maximum Gasteiger partial charge on any atom is 0.405 e. The van der Waals surface area contributed by atoms with Crippen LogP contribution in [0.25, 0.3) is 0 Å². The van der Waals surface area contributed by atoms with Crippen molar-refractivity contribution in [2.45, 2.75) is 82.0 Å². The number of nitrogens with one attached hydrogen (secondary N) is 2. The molecule has 9 nitrogen and oxygen atoms in total. The smallest absolute Gasteiger partial charge is 0.405 e. The minimum atomic E-state index is -1.04. The van der Waals surface area contributed by atoms with Gasteiger partial charge in [-0.15, -0.1) is 0 Å². The van der Waals surface area contributed by atoms with Crippen LogP contribution >= 0.6 is 0 Å². The summed E-state index contributed by atoms with van der Waals surface area (Å²) in [4.78, 5) is 53.2. The van der Waals surface area contributed by atoms with Crippen LogP contribution < -0.4 is 16.4 Å². The second-order valence-electron chi connectivity index (χ2n) is 10.1. The van der Waals surface area contributed by atoms with Gasteiger partial charge in [0.15, 0.2) is 6.10 Å². The van der Waals surface area contributed by atoms with Crippen LogP contribution in [0.2, 0.25) is 0 Å². The molecule has 5 atom stereocenters. The summed E-state index contributed by atoms with van der Waals surface area (Å²) in [6.07, 6.45) is 7.40. The van der Waals surface area contributed by atoms with Crippen molar-refractivity contribution in [2.24, 2.45) is 11.7 Å². The average Bonchev–Trinajstić information content (AvgIpc) is 3.32. The number of hydrogen-bond acceptors (Lipinski definition) is 5. The Morgan fingerprint density at radius 1 is 1.14 bits per heavy atom. The highest BCUT2D eigenvalue weighted by molar-refractivity contribution is 5.98. The third kappa shape index (κ3) is 5.71. The van der Waals surface area contributed by atoms with Crippen molar-refractivity contribution in [1.29, 1.82) is 0 Å². The number of benzene rings is 1. The largest absolute Gasteiger partial charge is 0.436 e. The molecule has 0 radical (unpaired) electrons. The lowest BCUT2D eigenvalue weighted by Gasteiger charge is -2.29. The standard InChI is InChI=1S/C27H36N4O5/c1-18(19-11-6-5-7-12-19)29-25(34)27-17-20(27)13-8-3-2-4-9-15-22(36-26(28)35)24(33)31-16-10-14-21(31)23(32)30-27/h5-8,11-13,18,20-22H,2-4,9-10,14-17H2,1H3,(H2,28,35)(H,29,34)(H,30,32)/b13-8+/t18-,20?,21?,22?,27?/m0/s1. The number of carbonyl (C=O) groups excluding carboxylic acids is 4. The first-order chi connectivity index (χ1) is 17.3. The van der Waals surface area contributed by atoms with Gasteiger partial charge in [-0.25, -0.2) is 4.79 Å². The Labute approximate surface area is 211 Å². The summed E-state index contributed by atoms with van der Waals surface area (Å²) >= 11 is 0. The Hall–Kier alpha value is -3.36. The van der Waals surface area contributed by atoms with Gasteiger partial charge in [0.25, 0.3) is 5.91 Å². The molecule has 3 aliphatic rings. The van der Waals surface area contributed by atoms with Crippen molar-refractivity contribution < 1.29 is 23.9 Å². The van der Waals surface area contributed by atoms with E-state index < -0.39 is 29.7 Å². The lowest BCUT2D eigenvalue weighted by atomic mass is 10.1. The van der Waals surface area contributed by atoms with Crippen molar-refractivity contribution in [3.63, 3.8) is 0 Å². The molecule has 4 unspecified atom stereocenters. The molecule has 4 N–H and O–H groups in total. The number of fused-ring (bicyclic) bond motifs is 2. The number of hydrogen-bond donors (Lipinski definition) is 3. The van der Waals surface area contributed by atoms with Gasteiger partial charge in [-0.1, -0.05) is 48.9 Å². The van der Waals surface area contributed by atoms with Crippen molar-refractivity contribution in [3.8, 4) is 0 Å². The number of rotatable bonds is 4. The van der Waals surface area contributed by atoms with Crippen LogP contribution in [0.4, 0.5) is 4.79 Å². The molecule has 1 aromatic carbocycles. The minimum absolute atomic E-state index is 0.106. The van der Waals surface area contributed by atoms with Crippen LogP contribution in [0.5, 0.6) is 0 Å².